The molecule has 0 saturated carbocycles. The van der Waals surface area contributed by atoms with E-state index in [9.17, 15) is 9.59 Å². The number of benzene rings is 2. The summed E-state index contributed by atoms with van der Waals surface area (Å²) in [6.45, 7) is 1.96. The molecule has 4 aromatic rings. The van der Waals surface area contributed by atoms with Gasteiger partial charge in [0.25, 0.3) is 0 Å². The summed E-state index contributed by atoms with van der Waals surface area (Å²) < 4.78 is 0.831. The first kappa shape index (κ1) is 14.2. The van der Waals surface area contributed by atoms with E-state index in [2.05, 4.69) is 15.1 Å². The first-order chi connectivity index (χ1) is 11.6. The van der Waals surface area contributed by atoms with Crippen molar-refractivity contribution in [3.63, 3.8) is 0 Å². The Hall–Kier alpha value is -3.41. The molecule has 0 radical (unpaired) electrons. The van der Waals surface area contributed by atoms with Gasteiger partial charge in [-0.25, -0.2) is 4.79 Å². The molecular weight excluding hydrogens is 304 g/mol. The van der Waals surface area contributed by atoms with Crippen molar-refractivity contribution in [1.82, 2.24) is 14.6 Å². The minimum absolute atomic E-state index is 0.334. The van der Waals surface area contributed by atoms with E-state index in [0.29, 0.717) is 11.0 Å². The van der Waals surface area contributed by atoms with E-state index >= 15 is 0 Å². The number of hydrogen-bond acceptors (Lipinski definition) is 3. The van der Waals surface area contributed by atoms with Gasteiger partial charge in [-0.15, -0.1) is 4.68 Å². The molecule has 0 saturated heterocycles. The Bertz CT molecular complexity index is 1200. The van der Waals surface area contributed by atoms with Crippen LogP contribution in [0, 0.1) is 6.92 Å². The molecule has 0 unspecified atom stereocenters. The zero-order valence-electron chi connectivity index (χ0n) is 12.9. The maximum Gasteiger partial charge on any atom is 0.350 e. The minimum atomic E-state index is -0.568. The number of nitrogens with one attached hydrogen (secondary N) is 2. The number of aryl methyl sites for hydroxylation is 1. The summed E-state index contributed by atoms with van der Waals surface area (Å²) in [4.78, 5) is 30.7. The third kappa shape index (κ3) is 2.25. The van der Waals surface area contributed by atoms with Gasteiger partial charge in [-0.3, -0.25) is 4.79 Å². The van der Waals surface area contributed by atoms with Crippen LogP contribution in [0.2, 0.25) is 0 Å². The van der Waals surface area contributed by atoms with Gasteiger partial charge in [-0.1, -0.05) is 42.0 Å². The quantitative estimate of drug-likeness (QED) is 0.556. The summed E-state index contributed by atoms with van der Waals surface area (Å²) in [5.74, 6) is 0. The lowest BCUT2D eigenvalue weighted by atomic mass is 10.2. The van der Waals surface area contributed by atoms with E-state index in [4.69, 9.17) is 0 Å². The molecule has 2 heterocycles. The van der Waals surface area contributed by atoms with Gasteiger partial charge in [-0.05, 0) is 24.6 Å². The zero-order valence-corrected chi connectivity index (χ0v) is 12.9. The fourth-order valence-corrected chi connectivity index (χ4v) is 2.72. The van der Waals surface area contributed by atoms with Crippen LogP contribution in [0.15, 0.2) is 63.2 Å². The summed E-state index contributed by atoms with van der Waals surface area (Å²) in [7, 11) is 0. The number of fused-ring (bicyclic) bond motifs is 3. The number of H-pyrrole nitrogens is 2. The second kappa shape index (κ2) is 5.34. The van der Waals surface area contributed by atoms with Crippen molar-refractivity contribution < 1.29 is 0 Å². The Kier molecular flexibility index (Phi) is 3.16. The van der Waals surface area contributed by atoms with Crippen molar-refractivity contribution in [1.29, 1.82) is 0 Å². The Morgan fingerprint density at radius 2 is 1.79 bits per heavy atom. The van der Waals surface area contributed by atoms with Crippen LogP contribution >= 0.6 is 0 Å². The average Bonchev–Trinajstić information content (AvgIpc) is 2.94. The van der Waals surface area contributed by atoms with Crippen LogP contribution in [0.1, 0.15) is 11.1 Å². The highest BCUT2D eigenvalue weighted by molar-refractivity contribution is 6.04. The predicted molar refractivity (Wildman–Crippen MR) is 94.9 cm³/mol. The molecule has 0 atom stereocenters. The topological polar surface area (TPSA) is 83.0 Å². The lowest BCUT2D eigenvalue weighted by molar-refractivity contribution is 0.770. The smallest absolute Gasteiger partial charge is 0.349 e. The van der Waals surface area contributed by atoms with Crippen LogP contribution in [0.4, 0.5) is 0 Å². The van der Waals surface area contributed by atoms with Crippen molar-refractivity contribution in [2.24, 2.45) is 5.10 Å². The molecule has 6 nitrogen and oxygen atoms in total. The molecule has 0 fully saturated rings. The molecule has 118 valence electrons. The maximum atomic E-state index is 12.6. The molecule has 0 aliphatic rings. The molecule has 0 spiro atoms. The van der Waals surface area contributed by atoms with E-state index < -0.39 is 11.2 Å². The Labute approximate surface area is 136 Å². The van der Waals surface area contributed by atoms with Crippen LogP contribution in [-0.2, 0) is 0 Å². The van der Waals surface area contributed by atoms with Gasteiger partial charge >= 0.3 is 11.2 Å². The third-order valence-corrected chi connectivity index (χ3v) is 3.91. The van der Waals surface area contributed by atoms with Crippen molar-refractivity contribution in [2.75, 3.05) is 0 Å². The van der Waals surface area contributed by atoms with E-state index in [1.165, 1.54) is 6.21 Å². The molecule has 2 aromatic carbocycles. The first-order valence-electron chi connectivity index (χ1n) is 7.50. The fourth-order valence-electron chi connectivity index (χ4n) is 2.72. The summed E-state index contributed by atoms with van der Waals surface area (Å²) >= 11 is 0. The van der Waals surface area contributed by atoms with E-state index in [1.54, 1.807) is 0 Å². The molecule has 0 aliphatic heterocycles. The van der Waals surface area contributed by atoms with Gasteiger partial charge in [0, 0.05) is 10.9 Å². The van der Waals surface area contributed by atoms with Gasteiger partial charge in [0.1, 0.15) is 5.52 Å². The highest BCUT2D eigenvalue weighted by atomic mass is 16.2. The van der Waals surface area contributed by atoms with Crippen molar-refractivity contribution in [2.45, 2.75) is 6.92 Å². The molecule has 2 aromatic heterocycles. The van der Waals surface area contributed by atoms with Crippen LogP contribution in [0.5, 0.6) is 0 Å². The second-order valence-corrected chi connectivity index (χ2v) is 5.63. The maximum absolute atomic E-state index is 12.6. The fraction of sp³-hybridized carbons (Fsp3) is 0.0556. The van der Waals surface area contributed by atoms with Gasteiger partial charge in [0.2, 0.25) is 0 Å². The van der Waals surface area contributed by atoms with Crippen molar-refractivity contribution in [3.05, 3.63) is 80.5 Å². The highest BCUT2D eigenvalue weighted by Crippen LogP contribution is 2.21. The van der Waals surface area contributed by atoms with Crippen LogP contribution in [0.3, 0.4) is 0 Å². The number of rotatable bonds is 2. The van der Waals surface area contributed by atoms with Crippen molar-refractivity contribution in [3.8, 4) is 0 Å². The Morgan fingerprint density at radius 1 is 1.00 bits per heavy atom. The molecular formula is C18H14N4O2. The second-order valence-electron chi connectivity index (χ2n) is 5.63. The summed E-state index contributed by atoms with van der Waals surface area (Å²) in [5.41, 5.74) is 2.45. The number of aromatic amines is 2. The molecule has 0 aliphatic carbocycles. The predicted octanol–water partition coefficient (Wildman–Crippen LogP) is 2.36. The molecule has 0 amide bonds. The standard InChI is InChI=1S/C18H14N4O2/c1-11-7-8-14-13(9-11)15-16(20-14)17(23)22(18(24)21-15)19-10-12-5-3-2-4-6-12/h2-10,20H,1H3,(H,21,24)/b19-10-. The monoisotopic (exact) mass is 318 g/mol. The van der Waals surface area contributed by atoms with Gasteiger partial charge in [0.15, 0.2) is 0 Å². The zero-order chi connectivity index (χ0) is 16.7. The molecule has 2 N–H and O–H groups in total. The molecule has 24 heavy (non-hydrogen) atoms. The van der Waals surface area contributed by atoms with Gasteiger partial charge < -0.3 is 9.97 Å². The van der Waals surface area contributed by atoms with Crippen LogP contribution < -0.4 is 11.2 Å². The summed E-state index contributed by atoms with van der Waals surface area (Å²) in [6.07, 6.45) is 1.48. The minimum Gasteiger partial charge on any atom is -0.349 e. The third-order valence-electron chi connectivity index (χ3n) is 3.91. The number of aromatic nitrogens is 3. The largest absolute Gasteiger partial charge is 0.350 e. The lowest BCUT2D eigenvalue weighted by Crippen LogP contribution is -2.32. The summed E-state index contributed by atoms with van der Waals surface area (Å²) in [6, 6.07) is 15.0. The van der Waals surface area contributed by atoms with Crippen LogP contribution in [0.25, 0.3) is 21.9 Å². The average molecular weight is 318 g/mol. The van der Waals surface area contributed by atoms with E-state index in [1.807, 2.05) is 55.5 Å². The normalized spacial score (nSPS) is 11.7. The van der Waals surface area contributed by atoms with E-state index in [-0.39, 0.29) is 0 Å². The SMILES string of the molecule is Cc1ccc2[nH]c3c(=O)n(/N=C\c4ccccc4)c(=O)[nH]c3c2c1. The molecule has 0 bridgehead atoms. The molecule has 4 rings (SSSR count). The van der Waals surface area contributed by atoms with Crippen LogP contribution in [-0.4, -0.2) is 20.9 Å². The van der Waals surface area contributed by atoms with Gasteiger partial charge in [0.05, 0.1) is 11.7 Å². The lowest BCUT2D eigenvalue weighted by Gasteiger charge is -1.98. The number of hydrogen-bond donors (Lipinski definition) is 2. The molecule has 6 heteroatoms. The number of nitrogens with zero attached hydrogens (tertiary/aromatic N) is 2. The summed E-state index contributed by atoms with van der Waals surface area (Å²) in [5, 5.41) is 4.85. The Balaban J connectivity index is 1.95. The highest BCUT2D eigenvalue weighted by Gasteiger charge is 2.12. The van der Waals surface area contributed by atoms with Gasteiger partial charge in [-0.2, -0.15) is 5.10 Å². The Morgan fingerprint density at radius 3 is 2.58 bits per heavy atom. The van der Waals surface area contributed by atoms with Crippen molar-refractivity contribution >= 4 is 28.2 Å². The van der Waals surface area contributed by atoms with E-state index in [0.717, 1.165) is 26.7 Å². The first-order valence-corrected chi connectivity index (χ1v) is 7.50.